The van der Waals surface area contributed by atoms with Crippen LogP contribution >= 0.6 is 11.6 Å². The summed E-state index contributed by atoms with van der Waals surface area (Å²) in [6.45, 7) is 3.71. The molecule has 5 rings (SSSR count). The third kappa shape index (κ3) is 4.30. The zero-order chi connectivity index (χ0) is 25.4. The van der Waals surface area contributed by atoms with Gasteiger partial charge in [0.2, 0.25) is 5.76 Å². The lowest BCUT2D eigenvalue weighted by Gasteiger charge is -2.07. The molecule has 2 aromatic heterocycles. The van der Waals surface area contributed by atoms with Crippen LogP contribution in [0.1, 0.15) is 32.2 Å². The quantitative estimate of drug-likeness (QED) is 0.225. The molecule has 0 aliphatic rings. The molecule has 0 atom stereocenters. The first-order chi connectivity index (χ1) is 17.3. The number of phenolic OH excluding ortho intramolecular Hbond substituents is 1. The Kier molecular flexibility index (Phi) is 5.95. The number of aromatic hydroxyl groups is 1. The van der Waals surface area contributed by atoms with Crippen molar-refractivity contribution in [1.82, 2.24) is 10.2 Å². The summed E-state index contributed by atoms with van der Waals surface area (Å²) in [5.41, 5.74) is 3.89. The van der Waals surface area contributed by atoms with Gasteiger partial charge in [-0.25, -0.2) is 0 Å². The molecule has 2 amide bonds. The minimum atomic E-state index is -0.547. The predicted octanol–water partition coefficient (Wildman–Crippen LogP) is 6.30. The average Bonchev–Trinajstić information content (AvgIpc) is 3.48. The number of benzene rings is 3. The lowest BCUT2D eigenvalue weighted by molar-refractivity contribution is 0.0999. The summed E-state index contributed by atoms with van der Waals surface area (Å²) in [4.78, 5) is 26.2. The molecule has 0 spiro atoms. The lowest BCUT2D eigenvalue weighted by atomic mass is 10.0. The number of amides is 2. The van der Waals surface area contributed by atoms with Crippen LogP contribution in [-0.4, -0.2) is 27.1 Å². The van der Waals surface area contributed by atoms with E-state index in [9.17, 15) is 14.7 Å². The van der Waals surface area contributed by atoms with Crippen LogP contribution < -0.4 is 10.6 Å². The number of aryl methyl sites for hydroxylation is 1. The van der Waals surface area contributed by atoms with E-state index >= 15 is 0 Å². The number of nitrogens with zero attached hydrogens (tertiary/aromatic N) is 1. The summed E-state index contributed by atoms with van der Waals surface area (Å²) >= 11 is 6.02. The van der Waals surface area contributed by atoms with Crippen molar-refractivity contribution in [3.8, 4) is 17.0 Å². The van der Waals surface area contributed by atoms with Gasteiger partial charge in [0.25, 0.3) is 11.8 Å². The highest BCUT2D eigenvalue weighted by atomic mass is 35.5. The number of fused-ring (bicyclic) bond motifs is 1. The first kappa shape index (κ1) is 23.2. The van der Waals surface area contributed by atoms with Gasteiger partial charge in [-0.1, -0.05) is 35.9 Å². The second kappa shape index (κ2) is 9.24. The van der Waals surface area contributed by atoms with Gasteiger partial charge in [-0.05, 0) is 67.4 Å². The van der Waals surface area contributed by atoms with E-state index in [0.29, 0.717) is 32.9 Å². The number of aromatic nitrogens is 2. The summed E-state index contributed by atoms with van der Waals surface area (Å²) < 4.78 is 5.80. The van der Waals surface area contributed by atoms with E-state index in [0.717, 1.165) is 11.1 Å². The van der Waals surface area contributed by atoms with E-state index in [1.165, 1.54) is 6.07 Å². The van der Waals surface area contributed by atoms with Crippen LogP contribution in [0.3, 0.4) is 0 Å². The van der Waals surface area contributed by atoms with E-state index in [4.69, 9.17) is 16.0 Å². The number of carbonyl (C=O) groups is 2. The Balaban J connectivity index is 1.46. The van der Waals surface area contributed by atoms with Crippen LogP contribution in [-0.2, 0) is 0 Å². The maximum absolute atomic E-state index is 13.1. The van der Waals surface area contributed by atoms with Crippen molar-refractivity contribution in [1.29, 1.82) is 0 Å². The normalized spacial score (nSPS) is 11.0. The fourth-order valence-electron chi connectivity index (χ4n) is 3.85. The van der Waals surface area contributed by atoms with Crippen molar-refractivity contribution in [2.45, 2.75) is 13.8 Å². The minimum Gasteiger partial charge on any atom is -0.507 e. The number of hydrogen-bond acceptors (Lipinski definition) is 5. The predicted molar refractivity (Wildman–Crippen MR) is 139 cm³/mol. The maximum Gasteiger partial charge on any atom is 0.293 e. The molecule has 0 unspecified atom stereocenters. The molecule has 9 heteroatoms. The first-order valence-corrected chi connectivity index (χ1v) is 11.4. The number of furan rings is 1. The number of H-pyrrole nitrogens is 1. The number of anilines is 2. The molecule has 0 radical (unpaired) electrons. The average molecular weight is 501 g/mol. The Labute approximate surface area is 210 Å². The molecular formula is C27H21ClN4O4. The second-order valence-electron chi connectivity index (χ2n) is 8.29. The van der Waals surface area contributed by atoms with Crippen LogP contribution in [0.4, 0.5) is 11.4 Å². The molecule has 5 aromatic rings. The van der Waals surface area contributed by atoms with Crippen molar-refractivity contribution >= 4 is 45.8 Å². The van der Waals surface area contributed by atoms with Crippen LogP contribution in [0.2, 0.25) is 5.02 Å². The van der Waals surface area contributed by atoms with Crippen LogP contribution in [0, 0.1) is 13.8 Å². The van der Waals surface area contributed by atoms with Gasteiger partial charge in [-0.3, -0.25) is 14.7 Å². The molecule has 0 aliphatic carbocycles. The standard InChI is InChI=1S/C27H21ClN4O4/c1-14-10-11-18(24(33)15(14)2)20-13-21(32-31-20)26(34)30-23-19-8-3-4-9-22(19)36-25(23)27(35)29-17-7-5-6-16(28)12-17/h3-13,33H,1-2H3,(H,29,35)(H,30,34)(H,31,32). The number of hydrogen-bond donors (Lipinski definition) is 4. The molecule has 0 saturated carbocycles. The maximum atomic E-state index is 13.1. The molecular weight excluding hydrogens is 480 g/mol. The summed E-state index contributed by atoms with van der Waals surface area (Å²) in [7, 11) is 0. The molecule has 36 heavy (non-hydrogen) atoms. The molecule has 8 nitrogen and oxygen atoms in total. The summed E-state index contributed by atoms with van der Waals surface area (Å²) in [6.07, 6.45) is 0. The van der Waals surface area contributed by atoms with E-state index < -0.39 is 11.8 Å². The van der Waals surface area contributed by atoms with Crippen molar-refractivity contribution in [2.24, 2.45) is 0 Å². The third-order valence-corrected chi connectivity index (χ3v) is 6.16. The summed E-state index contributed by atoms with van der Waals surface area (Å²) in [5, 5.41) is 24.0. The van der Waals surface area contributed by atoms with Crippen LogP contribution in [0.15, 0.2) is 71.1 Å². The Morgan fingerprint density at radius 3 is 2.58 bits per heavy atom. The zero-order valence-corrected chi connectivity index (χ0v) is 20.1. The van der Waals surface area contributed by atoms with Gasteiger partial charge in [0.15, 0.2) is 0 Å². The fraction of sp³-hybridized carbons (Fsp3) is 0.0741. The number of rotatable bonds is 5. The highest BCUT2D eigenvalue weighted by Crippen LogP contribution is 2.34. The van der Waals surface area contributed by atoms with Gasteiger partial charge in [-0.2, -0.15) is 5.10 Å². The lowest BCUT2D eigenvalue weighted by Crippen LogP contribution is -2.17. The number of para-hydroxylation sites is 1. The molecule has 0 aliphatic heterocycles. The molecule has 0 fully saturated rings. The van der Waals surface area contributed by atoms with Crippen LogP contribution in [0.25, 0.3) is 22.2 Å². The molecule has 180 valence electrons. The van der Waals surface area contributed by atoms with Crippen molar-refractivity contribution in [2.75, 3.05) is 10.6 Å². The van der Waals surface area contributed by atoms with Gasteiger partial charge in [0.1, 0.15) is 22.7 Å². The van der Waals surface area contributed by atoms with Crippen LogP contribution in [0.5, 0.6) is 5.75 Å². The topological polar surface area (TPSA) is 120 Å². The van der Waals surface area contributed by atoms with Gasteiger partial charge >= 0.3 is 0 Å². The van der Waals surface area contributed by atoms with Gasteiger partial charge in [0, 0.05) is 21.7 Å². The number of carbonyl (C=O) groups excluding carboxylic acids is 2. The van der Waals surface area contributed by atoms with Crippen molar-refractivity contribution in [3.05, 3.63) is 94.3 Å². The zero-order valence-electron chi connectivity index (χ0n) is 19.3. The Morgan fingerprint density at radius 2 is 1.78 bits per heavy atom. The van der Waals surface area contributed by atoms with Crippen molar-refractivity contribution in [3.63, 3.8) is 0 Å². The number of aromatic amines is 1. The minimum absolute atomic E-state index is 0.0592. The summed E-state index contributed by atoms with van der Waals surface area (Å²) in [6, 6.07) is 18.9. The van der Waals surface area contributed by atoms with E-state index in [1.54, 1.807) is 54.6 Å². The smallest absolute Gasteiger partial charge is 0.293 e. The van der Waals surface area contributed by atoms with E-state index in [2.05, 4.69) is 20.8 Å². The highest BCUT2D eigenvalue weighted by Gasteiger charge is 2.24. The summed E-state index contributed by atoms with van der Waals surface area (Å²) in [5.74, 6) is -1.03. The Hall–Kier alpha value is -4.56. The Morgan fingerprint density at radius 1 is 0.972 bits per heavy atom. The number of phenols is 1. The largest absolute Gasteiger partial charge is 0.507 e. The van der Waals surface area contributed by atoms with E-state index in [1.807, 2.05) is 19.9 Å². The molecule has 0 bridgehead atoms. The molecule has 2 heterocycles. The van der Waals surface area contributed by atoms with Crippen molar-refractivity contribution < 1.29 is 19.1 Å². The third-order valence-electron chi connectivity index (χ3n) is 5.92. The van der Waals surface area contributed by atoms with Gasteiger partial charge in [-0.15, -0.1) is 0 Å². The number of halogens is 1. The highest BCUT2D eigenvalue weighted by molar-refractivity contribution is 6.31. The molecule has 4 N–H and O–H groups in total. The van der Waals surface area contributed by atoms with E-state index in [-0.39, 0.29) is 22.9 Å². The monoisotopic (exact) mass is 500 g/mol. The van der Waals surface area contributed by atoms with Gasteiger partial charge in [0.05, 0.1) is 5.69 Å². The molecule has 0 saturated heterocycles. The second-order valence-corrected chi connectivity index (χ2v) is 8.73. The number of nitrogens with one attached hydrogen (secondary N) is 3. The molecule has 3 aromatic carbocycles. The SMILES string of the molecule is Cc1ccc(-c2cc(C(=O)Nc3c(C(=O)Nc4cccc(Cl)c4)oc4ccccc34)[nH]n2)c(O)c1C. The fourth-order valence-corrected chi connectivity index (χ4v) is 4.04. The first-order valence-electron chi connectivity index (χ1n) is 11.1. The Bertz CT molecular complexity index is 1640. The van der Waals surface area contributed by atoms with Gasteiger partial charge < -0.3 is 20.2 Å².